The summed E-state index contributed by atoms with van der Waals surface area (Å²) in [5.74, 6) is 0.726. The van der Waals surface area contributed by atoms with Crippen LogP contribution >= 0.6 is 15.9 Å². The first-order chi connectivity index (χ1) is 9.20. The molecular formula is C15H17BrN2O. The minimum Gasteiger partial charge on any atom is -0.491 e. The summed E-state index contributed by atoms with van der Waals surface area (Å²) in [6, 6.07) is 13.7. The highest BCUT2D eigenvalue weighted by atomic mass is 79.9. The molecule has 2 rings (SSSR count). The van der Waals surface area contributed by atoms with E-state index in [2.05, 4.69) is 28.2 Å². The smallest absolute Gasteiger partial charge is 0.144 e. The number of ether oxygens (including phenoxy) is 1. The number of anilines is 3. The third kappa shape index (κ3) is 3.64. The Morgan fingerprint density at radius 2 is 1.89 bits per heavy atom. The number of rotatable bonds is 5. The minimum absolute atomic E-state index is 0.638. The summed E-state index contributed by atoms with van der Waals surface area (Å²) in [5, 5.41) is 3.29. The molecule has 0 bridgehead atoms. The Labute approximate surface area is 121 Å². The summed E-state index contributed by atoms with van der Waals surface area (Å²) in [6.07, 6.45) is 0.962. The molecule has 0 radical (unpaired) electrons. The van der Waals surface area contributed by atoms with Crippen LogP contribution in [0.15, 0.2) is 46.9 Å². The van der Waals surface area contributed by atoms with Crippen molar-refractivity contribution in [2.45, 2.75) is 13.3 Å². The van der Waals surface area contributed by atoms with Crippen molar-refractivity contribution in [2.75, 3.05) is 17.7 Å². The van der Waals surface area contributed by atoms with Crippen LogP contribution < -0.4 is 15.8 Å². The lowest BCUT2D eigenvalue weighted by Crippen LogP contribution is -2.02. The van der Waals surface area contributed by atoms with E-state index < -0.39 is 0 Å². The van der Waals surface area contributed by atoms with Crippen LogP contribution in [-0.2, 0) is 0 Å². The van der Waals surface area contributed by atoms with Crippen molar-refractivity contribution >= 4 is 33.0 Å². The van der Waals surface area contributed by atoms with E-state index >= 15 is 0 Å². The molecule has 0 aliphatic rings. The van der Waals surface area contributed by atoms with Crippen molar-refractivity contribution in [1.29, 1.82) is 0 Å². The maximum Gasteiger partial charge on any atom is 0.144 e. The molecule has 19 heavy (non-hydrogen) atoms. The summed E-state index contributed by atoms with van der Waals surface area (Å²) < 4.78 is 6.66. The lowest BCUT2D eigenvalue weighted by atomic mass is 10.2. The van der Waals surface area contributed by atoms with E-state index in [4.69, 9.17) is 10.5 Å². The van der Waals surface area contributed by atoms with Gasteiger partial charge in [0.1, 0.15) is 5.75 Å². The van der Waals surface area contributed by atoms with Gasteiger partial charge in [0.2, 0.25) is 0 Å². The van der Waals surface area contributed by atoms with Crippen molar-refractivity contribution in [2.24, 2.45) is 0 Å². The van der Waals surface area contributed by atoms with Gasteiger partial charge in [0.05, 0.1) is 18.0 Å². The van der Waals surface area contributed by atoms with Crippen molar-refractivity contribution < 1.29 is 4.74 Å². The first-order valence-corrected chi connectivity index (χ1v) is 7.04. The molecule has 3 N–H and O–H groups in total. The van der Waals surface area contributed by atoms with E-state index in [-0.39, 0.29) is 0 Å². The standard InChI is InChI=1S/C15H17BrN2O/c1-2-10-19-14-5-3-4-13(15(14)17)18-12-8-6-11(16)7-9-12/h3-9,18H,2,10,17H2,1H3. The molecule has 0 aliphatic heterocycles. The zero-order valence-electron chi connectivity index (χ0n) is 10.8. The Hall–Kier alpha value is -1.68. The Morgan fingerprint density at radius 1 is 1.16 bits per heavy atom. The molecule has 0 aliphatic carbocycles. The van der Waals surface area contributed by atoms with Gasteiger partial charge in [-0.2, -0.15) is 0 Å². The number of nitrogens with two attached hydrogens (primary N) is 1. The van der Waals surface area contributed by atoms with E-state index in [1.165, 1.54) is 0 Å². The molecule has 2 aromatic rings. The number of para-hydroxylation sites is 1. The fraction of sp³-hybridized carbons (Fsp3) is 0.200. The van der Waals surface area contributed by atoms with Crippen LogP contribution in [0.4, 0.5) is 17.1 Å². The van der Waals surface area contributed by atoms with Crippen LogP contribution in [0.1, 0.15) is 13.3 Å². The third-order valence-electron chi connectivity index (χ3n) is 2.65. The number of hydrogen-bond donors (Lipinski definition) is 2. The highest BCUT2D eigenvalue weighted by Gasteiger charge is 2.06. The molecule has 4 heteroatoms. The highest BCUT2D eigenvalue weighted by molar-refractivity contribution is 9.10. The number of nitrogen functional groups attached to an aromatic ring is 1. The summed E-state index contributed by atoms with van der Waals surface area (Å²) in [5.41, 5.74) is 8.59. The van der Waals surface area contributed by atoms with Gasteiger partial charge in [-0.1, -0.05) is 28.9 Å². The van der Waals surface area contributed by atoms with Crippen molar-refractivity contribution in [3.8, 4) is 5.75 Å². The van der Waals surface area contributed by atoms with Crippen molar-refractivity contribution in [3.05, 3.63) is 46.9 Å². The molecule has 0 aromatic heterocycles. The Balaban J connectivity index is 2.18. The lowest BCUT2D eigenvalue weighted by Gasteiger charge is -2.13. The van der Waals surface area contributed by atoms with E-state index in [9.17, 15) is 0 Å². The van der Waals surface area contributed by atoms with Crippen LogP contribution in [0.25, 0.3) is 0 Å². The van der Waals surface area contributed by atoms with E-state index in [0.29, 0.717) is 12.3 Å². The van der Waals surface area contributed by atoms with Gasteiger partial charge in [0.15, 0.2) is 0 Å². The van der Waals surface area contributed by atoms with Crippen LogP contribution in [0, 0.1) is 0 Å². The molecule has 0 fully saturated rings. The van der Waals surface area contributed by atoms with Gasteiger partial charge in [-0.15, -0.1) is 0 Å². The van der Waals surface area contributed by atoms with Crippen molar-refractivity contribution in [3.63, 3.8) is 0 Å². The molecule has 2 aromatic carbocycles. The van der Waals surface area contributed by atoms with E-state index in [0.717, 1.165) is 28.0 Å². The summed E-state index contributed by atoms with van der Waals surface area (Å²) >= 11 is 3.41. The molecular weight excluding hydrogens is 304 g/mol. The van der Waals surface area contributed by atoms with Crippen LogP contribution in [0.2, 0.25) is 0 Å². The first kappa shape index (κ1) is 13.7. The SMILES string of the molecule is CCCOc1cccc(Nc2ccc(Br)cc2)c1N. The second-order valence-electron chi connectivity index (χ2n) is 4.20. The second kappa shape index (κ2) is 6.48. The Kier molecular flexibility index (Phi) is 4.68. The predicted octanol–water partition coefficient (Wildman–Crippen LogP) is 4.56. The molecule has 0 atom stereocenters. The van der Waals surface area contributed by atoms with Gasteiger partial charge in [-0.25, -0.2) is 0 Å². The number of benzene rings is 2. The molecule has 3 nitrogen and oxygen atoms in total. The van der Waals surface area contributed by atoms with E-state index in [1.807, 2.05) is 42.5 Å². The summed E-state index contributed by atoms with van der Waals surface area (Å²) in [4.78, 5) is 0. The third-order valence-corrected chi connectivity index (χ3v) is 3.18. The maximum absolute atomic E-state index is 6.11. The average Bonchev–Trinajstić information content (AvgIpc) is 2.42. The molecule has 0 heterocycles. The highest BCUT2D eigenvalue weighted by Crippen LogP contribution is 2.31. The molecule has 0 saturated heterocycles. The average molecular weight is 321 g/mol. The predicted molar refractivity (Wildman–Crippen MR) is 84.1 cm³/mol. The zero-order chi connectivity index (χ0) is 13.7. The van der Waals surface area contributed by atoms with Gasteiger partial charge in [0.25, 0.3) is 0 Å². The van der Waals surface area contributed by atoms with Crippen LogP contribution in [-0.4, -0.2) is 6.61 Å². The summed E-state index contributed by atoms with van der Waals surface area (Å²) in [6.45, 7) is 2.74. The van der Waals surface area contributed by atoms with Crippen LogP contribution in [0.3, 0.4) is 0 Å². The largest absolute Gasteiger partial charge is 0.491 e. The molecule has 100 valence electrons. The fourth-order valence-electron chi connectivity index (χ4n) is 1.68. The number of halogens is 1. The van der Waals surface area contributed by atoms with Crippen molar-refractivity contribution in [1.82, 2.24) is 0 Å². The molecule has 0 spiro atoms. The zero-order valence-corrected chi connectivity index (χ0v) is 12.4. The van der Waals surface area contributed by atoms with Gasteiger partial charge < -0.3 is 15.8 Å². The van der Waals surface area contributed by atoms with Gasteiger partial charge in [-0.05, 0) is 42.8 Å². The topological polar surface area (TPSA) is 47.3 Å². The quantitative estimate of drug-likeness (QED) is 0.794. The van der Waals surface area contributed by atoms with E-state index in [1.54, 1.807) is 0 Å². The lowest BCUT2D eigenvalue weighted by molar-refractivity contribution is 0.319. The molecule has 0 saturated carbocycles. The number of hydrogen-bond acceptors (Lipinski definition) is 3. The van der Waals surface area contributed by atoms with Gasteiger partial charge in [-0.3, -0.25) is 0 Å². The normalized spacial score (nSPS) is 10.2. The molecule has 0 amide bonds. The first-order valence-electron chi connectivity index (χ1n) is 6.24. The minimum atomic E-state index is 0.638. The van der Waals surface area contributed by atoms with Gasteiger partial charge >= 0.3 is 0 Å². The fourth-order valence-corrected chi connectivity index (χ4v) is 1.94. The Morgan fingerprint density at radius 3 is 2.58 bits per heavy atom. The second-order valence-corrected chi connectivity index (χ2v) is 5.11. The Bertz CT molecular complexity index is 540. The van der Waals surface area contributed by atoms with Gasteiger partial charge in [0, 0.05) is 10.2 Å². The summed E-state index contributed by atoms with van der Waals surface area (Å²) in [7, 11) is 0. The molecule has 0 unspecified atom stereocenters. The number of nitrogens with one attached hydrogen (secondary N) is 1. The maximum atomic E-state index is 6.11. The van der Waals surface area contributed by atoms with Crippen LogP contribution in [0.5, 0.6) is 5.75 Å². The monoisotopic (exact) mass is 320 g/mol.